The molecule has 1 aliphatic rings. The van der Waals surface area contributed by atoms with Crippen molar-refractivity contribution in [3.63, 3.8) is 0 Å². The van der Waals surface area contributed by atoms with Gasteiger partial charge in [-0.25, -0.2) is 0 Å². The third kappa shape index (κ3) is 11.8. The lowest BCUT2D eigenvalue weighted by atomic mass is 9.94. The first-order valence-corrected chi connectivity index (χ1v) is 12.3. The van der Waals surface area contributed by atoms with Crippen molar-refractivity contribution in [2.24, 2.45) is 17.6 Å². The Morgan fingerprint density at radius 1 is 1.09 bits per heavy atom. The molecule has 0 aromatic rings. The molecule has 1 saturated heterocycles. The summed E-state index contributed by atoms with van der Waals surface area (Å²) in [5.74, 6) is 0.481. The van der Waals surface area contributed by atoms with Gasteiger partial charge in [0.1, 0.15) is 0 Å². The van der Waals surface area contributed by atoms with Crippen LogP contribution in [-0.4, -0.2) is 92.6 Å². The summed E-state index contributed by atoms with van der Waals surface area (Å²) in [5.41, 5.74) is 5.36. The van der Waals surface area contributed by atoms with Crippen LogP contribution in [0.15, 0.2) is 0 Å². The average Bonchev–Trinajstić information content (AvgIpc) is 3.04. The van der Waals surface area contributed by atoms with Gasteiger partial charge in [-0.3, -0.25) is 24.1 Å². The van der Waals surface area contributed by atoms with Gasteiger partial charge in [-0.2, -0.15) is 11.8 Å². The van der Waals surface area contributed by atoms with Crippen LogP contribution in [-0.2, 0) is 28.7 Å². The Balaban J connectivity index is 1.92. The number of likely N-dealkylation sites (tertiary alicyclic amines) is 1. The summed E-state index contributed by atoms with van der Waals surface area (Å²) >= 11 is 1.42. The topological polar surface area (TPSA) is 140 Å². The van der Waals surface area contributed by atoms with E-state index in [0.717, 1.165) is 6.42 Å². The van der Waals surface area contributed by atoms with Crippen LogP contribution in [0.1, 0.15) is 33.1 Å². The van der Waals surface area contributed by atoms with E-state index in [1.165, 1.54) is 16.7 Å². The zero-order valence-electron chi connectivity index (χ0n) is 19.2. The number of thioether (sulfide) groups is 1. The number of nitrogens with one attached hydrogen (secondary N) is 2. The number of amides is 4. The molecule has 32 heavy (non-hydrogen) atoms. The van der Waals surface area contributed by atoms with Crippen molar-refractivity contribution in [3.8, 4) is 0 Å². The summed E-state index contributed by atoms with van der Waals surface area (Å²) < 4.78 is 10.8. The van der Waals surface area contributed by atoms with Crippen LogP contribution in [0, 0.1) is 11.8 Å². The molecule has 4 N–H and O–H groups in total. The summed E-state index contributed by atoms with van der Waals surface area (Å²) in [5, 5.41) is 5.52. The van der Waals surface area contributed by atoms with Crippen LogP contribution in [0.2, 0.25) is 0 Å². The molecule has 0 aliphatic carbocycles. The predicted molar refractivity (Wildman–Crippen MR) is 123 cm³/mol. The maximum Gasteiger partial charge on any atom is 0.233 e. The number of hydrogen-bond donors (Lipinski definition) is 3. The molecule has 0 radical (unpaired) electrons. The smallest absolute Gasteiger partial charge is 0.233 e. The van der Waals surface area contributed by atoms with E-state index in [1.807, 2.05) is 13.8 Å². The highest BCUT2D eigenvalue weighted by molar-refractivity contribution is 7.99. The van der Waals surface area contributed by atoms with E-state index >= 15 is 0 Å². The largest absolute Gasteiger partial charge is 0.377 e. The van der Waals surface area contributed by atoms with Crippen LogP contribution in [0.5, 0.6) is 0 Å². The normalized spacial score (nSPS) is 16.1. The van der Waals surface area contributed by atoms with E-state index in [9.17, 15) is 19.2 Å². The lowest BCUT2D eigenvalue weighted by molar-refractivity contribution is -0.140. The molecule has 0 aromatic heterocycles. The molecule has 11 heteroatoms. The van der Waals surface area contributed by atoms with Crippen molar-refractivity contribution < 1.29 is 28.7 Å². The Labute approximate surface area is 194 Å². The van der Waals surface area contributed by atoms with Crippen molar-refractivity contribution in [2.75, 3.05) is 64.1 Å². The van der Waals surface area contributed by atoms with E-state index in [1.54, 1.807) is 0 Å². The summed E-state index contributed by atoms with van der Waals surface area (Å²) in [6.07, 6.45) is 1.39. The van der Waals surface area contributed by atoms with Gasteiger partial charge in [-0.05, 0) is 18.9 Å². The maximum atomic E-state index is 12.2. The summed E-state index contributed by atoms with van der Waals surface area (Å²) in [7, 11) is 0. The van der Waals surface area contributed by atoms with Crippen LogP contribution < -0.4 is 16.4 Å². The second-order valence-electron chi connectivity index (χ2n) is 7.81. The molecule has 10 nitrogen and oxygen atoms in total. The third-order valence-electron chi connectivity index (χ3n) is 4.89. The fraction of sp³-hybridized carbons (Fsp3) is 0.810. The number of imide groups is 1. The minimum absolute atomic E-state index is 0.0436. The van der Waals surface area contributed by atoms with Crippen LogP contribution in [0.3, 0.4) is 0 Å². The van der Waals surface area contributed by atoms with E-state index in [-0.39, 0.29) is 55.0 Å². The van der Waals surface area contributed by atoms with Gasteiger partial charge in [-0.1, -0.05) is 13.8 Å². The Morgan fingerprint density at radius 3 is 2.44 bits per heavy atom. The minimum Gasteiger partial charge on any atom is -0.377 e. The van der Waals surface area contributed by atoms with Crippen molar-refractivity contribution in [3.05, 3.63) is 0 Å². The van der Waals surface area contributed by atoms with Crippen LogP contribution in [0.25, 0.3) is 0 Å². The summed E-state index contributed by atoms with van der Waals surface area (Å²) in [4.78, 5) is 48.6. The molecule has 184 valence electrons. The molecule has 1 atom stereocenters. The SMILES string of the molecule is CC(C)C1CC(=O)N(CCOCCOCCNC(=O)CCSCC(=O)NCCCN)C1=O. The Kier molecular flexibility index (Phi) is 14.9. The standard InChI is InChI=1S/C21H38N4O6S/c1-16(2)17-14-20(28)25(21(17)29)8-10-31-12-11-30-9-7-24-18(26)4-13-32-15-19(27)23-6-3-5-22/h16-17H,3-15,22H2,1-2H3,(H,23,27)(H,24,26). The van der Waals surface area contributed by atoms with Gasteiger partial charge in [0, 0.05) is 37.6 Å². The van der Waals surface area contributed by atoms with Gasteiger partial charge >= 0.3 is 0 Å². The lowest BCUT2D eigenvalue weighted by Gasteiger charge is -2.16. The Morgan fingerprint density at radius 2 is 1.78 bits per heavy atom. The van der Waals surface area contributed by atoms with E-state index in [0.29, 0.717) is 57.4 Å². The molecule has 0 saturated carbocycles. The fourth-order valence-electron chi connectivity index (χ4n) is 3.00. The molecule has 1 fully saturated rings. The van der Waals surface area contributed by atoms with Gasteiger partial charge in [0.2, 0.25) is 23.6 Å². The van der Waals surface area contributed by atoms with E-state index < -0.39 is 0 Å². The molecule has 1 rings (SSSR count). The maximum absolute atomic E-state index is 12.2. The highest BCUT2D eigenvalue weighted by atomic mass is 32.2. The second-order valence-corrected chi connectivity index (χ2v) is 8.91. The first kappa shape index (κ1) is 28.3. The first-order chi connectivity index (χ1) is 15.4. The molecule has 0 spiro atoms. The average molecular weight is 475 g/mol. The zero-order chi connectivity index (χ0) is 23.8. The quantitative estimate of drug-likeness (QED) is 0.183. The number of carbonyl (C=O) groups is 4. The van der Waals surface area contributed by atoms with Gasteiger partial charge < -0.3 is 25.8 Å². The first-order valence-electron chi connectivity index (χ1n) is 11.2. The molecule has 1 aliphatic heterocycles. The third-order valence-corrected chi connectivity index (χ3v) is 5.85. The molecular formula is C21H38N4O6S. The van der Waals surface area contributed by atoms with Crippen LogP contribution in [0.4, 0.5) is 0 Å². The van der Waals surface area contributed by atoms with E-state index in [2.05, 4.69) is 10.6 Å². The van der Waals surface area contributed by atoms with Crippen molar-refractivity contribution >= 4 is 35.4 Å². The Hall–Kier alpha value is -1.69. The van der Waals surface area contributed by atoms with Gasteiger partial charge in [0.05, 0.1) is 38.7 Å². The molecular weight excluding hydrogens is 436 g/mol. The monoisotopic (exact) mass is 474 g/mol. The molecule has 4 amide bonds. The van der Waals surface area contributed by atoms with Crippen molar-refractivity contribution in [1.29, 1.82) is 0 Å². The molecule has 0 aromatic carbocycles. The number of nitrogens with two attached hydrogens (primary N) is 1. The van der Waals surface area contributed by atoms with Gasteiger partial charge in [0.25, 0.3) is 0 Å². The number of nitrogens with zero attached hydrogens (tertiary/aromatic N) is 1. The van der Waals surface area contributed by atoms with Gasteiger partial charge in [0.15, 0.2) is 0 Å². The van der Waals surface area contributed by atoms with Gasteiger partial charge in [-0.15, -0.1) is 0 Å². The fourth-order valence-corrected chi connectivity index (χ4v) is 3.77. The summed E-state index contributed by atoms with van der Waals surface area (Å²) in [6, 6.07) is 0. The predicted octanol–water partition coefficient (Wildman–Crippen LogP) is -0.245. The Bertz CT molecular complexity index is 605. The highest BCUT2D eigenvalue weighted by Gasteiger charge is 2.39. The molecule has 0 bridgehead atoms. The number of rotatable bonds is 18. The minimum atomic E-state index is -0.217. The van der Waals surface area contributed by atoms with Crippen LogP contribution >= 0.6 is 11.8 Å². The van der Waals surface area contributed by atoms with Crippen molar-refractivity contribution in [1.82, 2.24) is 15.5 Å². The second kappa shape index (κ2) is 16.9. The number of hydrogen-bond acceptors (Lipinski definition) is 8. The number of carbonyl (C=O) groups excluding carboxylic acids is 4. The van der Waals surface area contributed by atoms with E-state index in [4.69, 9.17) is 15.2 Å². The highest BCUT2D eigenvalue weighted by Crippen LogP contribution is 2.25. The zero-order valence-corrected chi connectivity index (χ0v) is 20.0. The number of ether oxygens (including phenoxy) is 2. The lowest BCUT2D eigenvalue weighted by Crippen LogP contribution is -2.34. The van der Waals surface area contributed by atoms with Crippen molar-refractivity contribution in [2.45, 2.75) is 33.1 Å². The molecule has 1 unspecified atom stereocenters. The molecule has 1 heterocycles. The summed E-state index contributed by atoms with van der Waals surface area (Å²) in [6.45, 7) is 7.05.